The molecule has 10 N–H and O–H groups in total. The summed E-state index contributed by atoms with van der Waals surface area (Å²) in [5, 5.41) is 13.8. The number of nitrogens with zero attached hydrogens (tertiary/aromatic N) is 4. The van der Waals surface area contributed by atoms with E-state index in [1.807, 2.05) is 51.1 Å². The van der Waals surface area contributed by atoms with Gasteiger partial charge in [0.1, 0.15) is 17.9 Å². The van der Waals surface area contributed by atoms with Crippen LogP contribution in [0.2, 0.25) is 0 Å². The summed E-state index contributed by atoms with van der Waals surface area (Å²) in [6, 6.07) is 14.0. The number of benzene rings is 2. The largest absolute Gasteiger partial charge is 0.407 e. The molecule has 0 saturated carbocycles. The van der Waals surface area contributed by atoms with Crippen LogP contribution in [-0.4, -0.2) is 75.9 Å². The van der Waals surface area contributed by atoms with Gasteiger partial charge in [-0.1, -0.05) is 77.9 Å². The minimum atomic E-state index is -4.38. The number of alkyl halides is 4. The molecular weight excluding hydrogens is 690 g/mol. The zero-order valence-electron chi connectivity index (χ0n) is 31.0. The molecule has 288 valence electrons. The van der Waals surface area contributed by atoms with Crippen molar-refractivity contribution < 1.29 is 17.6 Å². The van der Waals surface area contributed by atoms with Crippen LogP contribution in [0.5, 0.6) is 0 Å². The maximum atomic E-state index is 13.7. The quantitative estimate of drug-likeness (QED) is 0.0704. The molecule has 1 aliphatic rings. The Hall–Kier alpha value is -4.96. The van der Waals surface area contributed by atoms with Gasteiger partial charge in [-0.25, -0.2) is 9.18 Å². The van der Waals surface area contributed by atoms with Crippen LogP contribution in [0, 0.1) is 5.41 Å². The van der Waals surface area contributed by atoms with Crippen LogP contribution in [0.1, 0.15) is 70.0 Å². The molecule has 1 saturated heterocycles. The second-order valence-electron chi connectivity index (χ2n) is 15.3. The highest BCUT2D eigenvalue weighted by atomic mass is 19.4. The number of aromatic nitrogens is 3. The lowest BCUT2D eigenvalue weighted by Gasteiger charge is -2.42. The molecule has 1 unspecified atom stereocenters. The van der Waals surface area contributed by atoms with E-state index in [4.69, 9.17) is 22.6 Å². The summed E-state index contributed by atoms with van der Waals surface area (Å²) in [5.74, 6) is -0.230. The number of hydrogen-bond donors (Lipinski definition) is 7. The zero-order valence-corrected chi connectivity index (χ0v) is 31.0. The van der Waals surface area contributed by atoms with Gasteiger partial charge in [-0.15, -0.1) is 0 Å². The van der Waals surface area contributed by atoms with Gasteiger partial charge in [-0.05, 0) is 40.3 Å². The number of fused-ring (bicyclic) bond motifs is 1. The van der Waals surface area contributed by atoms with Gasteiger partial charge in [-0.3, -0.25) is 20.3 Å². The fraction of sp³-hybridized carbons (Fsp3) is 0.459. The molecule has 1 aliphatic heterocycles. The predicted octanol–water partition coefficient (Wildman–Crippen LogP) is 4.47. The van der Waals surface area contributed by atoms with E-state index >= 15 is 0 Å². The van der Waals surface area contributed by atoms with Gasteiger partial charge in [0, 0.05) is 54.9 Å². The summed E-state index contributed by atoms with van der Waals surface area (Å²) in [5.41, 5.74) is 19.7. The predicted molar refractivity (Wildman–Crippen MR) is 202 cm³/mol. The maximum Gasteiger partial charge on any atom is 0.407 e. The van der Waals surface area contributed by atoms with Crippen LogP contribution >= 0.6 is 0 Å². The van der Waals surface area contributed by atoms with Gasteiger partial charge in [-0.2, -0.15) is 18.2 Å². The van der Waals surface area contributed by atoms with Gasteiger partial charge >= 0.3 is 11.9 Å². The molecule has 5 rings (SSSR count). The molecule has 0 amide bonds. The number of guanidine groups is 2. The third kappa shape index (κ3) is 11.3. The summed E-state index contributed by atoms with van der Waals surface area (Å²) in [6.07, 6.45) is -3.75. The molecule has 2 atom stereocenters. The van der Waals surface area contributed by atoms with Gasteiger partial charge < -0.3 is 32.4 Å². The van der Waals surface area contributed by atoms with Crippen LogP contribution in [-0.2, 0) is 17.4 Å². The van der Waals surface area contributed by atoms with Crippen LogP contribution in [0.4, 0.5) is 17.6 Å². The molecule has 12 nitrogen and oxygen atoms in total. The van der Waals surface area contributed by atoms with Crippen molar-refractivity contribution >= 4 is 23.0 Å². The minimum absolute atomic E-state index is 0.0644. The summed E-state index contributed by atoms with van der Waals surface area (Å²) in [4.78, 5) is 25.1. The first-order valence-electron chi connectivity index (χ1n) is 17.3. The molecule has 0 bridgehead atoms. The second kappa shape index (κ2) is 16.4. The number of hydrogen-bond acceptors (Lipinski definition) is 6. The molecule has 0 spiro atoms. The lowest BCUT2D eigenvalue weighted by atomic mass is 9.86. The van der Waals surface area contributed by atoms with Gasteiger partial charge in [0.2, 0.25) is 0 Å². The Balaban J connectivity index is 0.000000245. The standard InChI is InChI=1S/C21H28FN7O.C16H23F3N4/c1-21(2,3)17-8-14-12-29(20(30)28-18(14)27-17)16-6-4-13(5-7-16)9-25-10-15(22)11-26-19(23)24;1-15(2,3)11-6-4-10(5-7-11)13(16(17,18)19)22-12-8-23(9-12)14(20)21/h4-8,12,15,25H,9-11H2,1-3H3,(H4,23,24,26)(H,27,28,30);4-7,12-13,22H,8-9H2,1-3H3,(H3,20,21)/t15-;/m0./s1. The van der Waals surface area contributed by atoms with E-state index in [0.717, 1.165) is 22.2 Å². The molecule has 0 radical (unpaired) electrons. The second-order valence-corrected chi connectivity index (χ2v) is 15.3. The number of aromatic amines is 1. The number of nitrogens with one attached hydrogen (secondary N) is 4. The van der Waals surface area contributed by atoms with Gasteiger partial charge in [0.25, 0.3) is 0 Å². The Bertz CT molecular complexity index is 1910. The van der Waals surface area contributed by atoms with E-state index in [0.29, 0.717) is 31.0 Å². The fourth-order valence-corrected chi connectivity index (χ4v) is 5.57. The van der Waals surface area contributed by atoms with Crippen molar-refractivity contribution in [3.8, 4) is 5.69 Å². The van der Waals surface area contributed by atoms with E-state index < -0.39 is 18.4 Å². The summed E-state index contributed by atoms with van der Waals surface area (Å²) in [7, 11) is 0. The number of aliphatic imine (C=N–C) groups is 1. The van der Waals surface area contributed by atoms with Crippen molar-refractivity contribution in [3.05, 3.63) is 93.7 Å². The summed E-state index contributed by atoms with van der Waals surface area (Å²) >= 11 is 0. The van der Waals surface area contributed by atoms with Crippen LogP contribution in [0.25, 0.3) is 16.7 Å². The first-order chi connectivity index (χ1) is 24.6. The Morgan fingerprint density at radius 1 is 1.00 bits per heavy atom. The zero-order chi connectivity index (χ0) is 39.3. The van der Waals surface area contributed by atoms with E-state index in [-0.39, 0.29) is 53.1 Å². The van der Waals surface area contributed by atoms with Gasteiger partial charge in [0.15, 0.2) is 11.9 Å². The first kappa shape index (κ1) is 40.8. The maximum absolute atomic E-state index is 13.7. The lowest BCUT2D eigenvalue weighted by Crippen LogP contribution is -2.62. The van der Waals surface area contributed by atoms with Crippen molar-refractivity contribution in [1.82, 2.24) is 30.1 Å². The van der Waals surface area contributed by atoms with Crippen molar-refractivity contribution in [2.75, 3.05) is 26.2 Å². The fourth-order valence-electron chi connectivity index (χ4n) is 5.57. The van der Waals surface area contributed by atoms with Crippen molar-refractivity contribution in [2.24, 2.45) is 22.2 Å². The number of nitrogens with two attached hydrogens (primary N) is 3. The van der Waals surface area contributed by atoms with E-state index in [9.17, 15) is 22.4 Å². The SMILES string of the molecule is CC(C)(C)c1cc2cn(-c3ccc(CNC[C@H](F)CN=C(N)N)cc3)c(=O)nc2[nH]1.CC(C)(C)c1ccc(C(NC2CN(C(=N)N)C2)C(F)(F)F)cc1. The number of rotatable bonds is 10. The number of halogens is 4. The first-order valence-corrected chi connectivity index (χ1v) is 17.3. The lowest BCUT2D eigenvalue weighted by molar-refractivity contribution is -0.161. The molecule has 16 heteroatoms. The molecular formula is C37H51F4N11O. The van der Waals surface area contributed by atoms with Crippen LogP contribution in [0.3, 0.4) is 0 Å². The molecule has 3 heterocycles. The Morgan fingerprint density at radius 3 is 2.15 bits per heavy atom. The van der Waals surface area contributed by atoms with Crippen molar-refractivity contribution in [3.63, 3.8) is 0 Å². The molecule has 1 fully saturated rings. The van der Waals surface area contributed by atoms with Crippen molar-refractivity contribution in [1.29, 1.82) is 5.41 Å². The third-order valence-electron chi connectivity index (χ3n) is 8.76. The minimum Gasteiger partial charge on any atom is -0.370 e. The highest BCUT2D eigenvalue weighted by Gasteiger charge is 2.43. The highest BCUT2D eigenvalue weighted by Crippen LogP contribution is 2.35. The number of likely N-dealkylation sites (tertiary alicyclic amines) is 1. The summed E-state index contributed by atoms with van der Waals surface area (Å²) < 4.78 is 55.3. The van der Waals surface area contributed by atoms with Crippen LogP contribution < -0.4 is 33.5 Å². The van der Waals surface area contributed by atoms with E-state index in [1.165, 1.54) is 21.6 Å². The molecule has 2 aromatic heterocycles. The molecule has 0 aliphatic carbocycles. The topological polar surface area (TPSA) is 192 Å². The van der Waals surface area contributed by atoms with E-state index in [2.05, 4.69) is 46.4 Å². The molecule has 53 heavy (non-hydrogen) atoms. The smallest absolute Gasteiger partial charge is 0.370 e. The average Bonchev–Trinajstić information content (AvgIpc) is 3.46. The highest BCUT2D eigenvalue weighted by molar-refractivity contribution is 5.76. The molecule has 2 aromatic carbocycles. The third-order valence-corrected chi connectivity index (χ3v) is 8.76. The van der Waals surface area contributed by atoms with E-state index in [1.54, 1.807) is 18.3 Å². The normalized spacial score (nSPS) is 14.9. The van der Waals surface area contributed by atoms with Gasteiger partial charge in [0.05, 0.1) is 12.2 Å². The van der Waals surface area contributed by atoms with Crippen molar-refractivity contribution in [2.45, 2.75) is 83.3 Å². The Labute approximate surface area is 306 Å². The Kier molecular flexibility index (Phi) is 12.6. The number of H-pyrrole nitrogens is 1. The molecule has 4 aromatic rings. The summed E-state index contributed by atoms with van der Waals surface area (Å²) in [6.45, 7) is 13.6. The Morgan fingerprint density at radius 2 is 1.62 bits per heavy atom. The monoisotopic (exact) mass is 741 g/mol. The van der Waals surface area contributed by atoms with Crippen LogP contribution in [0.15, 0.2) is 70.6 Å². The average molecular weight is 742 g/mol.